The van der Waals surface area contributed by atoms with Gasteiger partial charge in [0.25, 0.3) is 0 Å². The van der Waals surface area contributed by atoms with Crippen LogP contribution in [0.1, 0.15) is 39.5 Å². The number of nitrogens with one attached hydrogen (secondary N) is 1. The zero-order valence-corrected chi connectivity index (χ0v) is 12.2. The molecule has 0 aromatic rings. The number of thioether (sulfide) groups is 1. The third-order valence-corrected chi connectivity index (χ3v) is 4.37. The first-order chi connectivity index (χ1) is 8.15. The van der Waals surface area contributed by atoms with Gasteiger partial charge in [0.2, 0.25) is 5.91 Å². The molecule has 1 amide bonds. The van der Waals surface area contributed by atoms with Gasteiger partial charge in [0.1, 0.15) is 0 Å². The van der Waals surface area contributed by atoms with E-state index in [9.17, 15) is 4.79 Å². The van der Waals surface area contributed by atoms with Crippen LogP contribution in [0.5, 0.6) is 0 Å². The fourth-order valence-electron chi connectivity index (χ4n) is 2.08. The normalized spacial score (nSPS) is 20.8. The predicted octanol–water partition coefficient (Wildman–Crippen LogP) is 2.12. The van der Waals surface area contributed by atoms with Crippen LogP contribution in [-0.4, -0.2) is 48.0 Å². The highest BCUT2D eigenvalue weighted by Gasteiger charge is 2.21. The molecule has 3 nitrogen and oxygen atoms in total. The fraction of sp³-hybridized carbons (Fsp3) is 0.923. The first-order valence-electron chi connectivity index (χ1n) is 6.70. The van der Waals surface area contributed by atoms with Gasteiger partial charge in [-0.05, 0) is 26.0 Å². The van der Waals surface area contributed by atoms with Crippen molar-refractivity contribution in [2.75, 3.05) is 25.9 Å². The quantitative estimate of drug-likeness (QED) is 0.820. The van der Waals surface area contributed by atoms with Crippen molar-refractivity contribution in [2.45, 2.75) is 50.8 Å². The maximum absolute atomic E-state index is 12.2. The smallest absolute Gasteiger partial charge is 0.239 e. The number of carbonyl (C=O) groups is 1. The highest BCUT2D eigenvalue weighted by atomic mass is 32.2. The van der Waals surface area contributed by atoms with Gasteiger partial charge in [0.15, 0.2) is 0 Å². The second kappa shape index (κ2) is 7.98. The first-order valence-corrected chi connectivity index (χ1v) is 7.99. The number of nitrogens with zero attached hydrogens (tertiary/aromatic N) is 1. The molecule has 0 saturated carbocycles. The van der Waals surface area contributed by atoms with Crippen LogP contribution in [0.15, 0.2) is 0 Å². The summed E-state index contributed by atoms with van der Waals surface area (Å²) in [6.07, 6.45) is 6.98. The average Bonchev–Trinajstić information content (AvgIpc) is 2.63. The van der Waals surface area contributed by atoms with E-state index >= 15 is 0 Å². The van der Waals surface area contributed by atoms with Crippen LogP contribution in [-0.2, 0) is 4.79 Å². The van der Waals surface area contributed by atoms with Crippen LogP contribution in [0.4, 0.5) is 0 Å². The molecule has 1 N–H and O–H groups in total. The maximum Gasteiger partial charge on any atom is 0.239 e. The molecule has 2 atom stereocenters. The summed E-state index contributed by atoms with van der Waals surface area (Å²) in [5, 5.41) is 3.90. The lowest BCUT2D eigenvalue weighted by molar-refractivity contribution is -0.132. The van der Waals surface area contributed by atoms with E-state index in [0.717, 1.165) is 19.6 Å². The standard InChI is InChI=1S/C13H26N2OS/c1-11(17-3)10-14-12(2)13(16)15-8-6-4-5-7-9-15/h11-12,14H,4-10H2,1-3H3. The maximum atomic E-state index is 12.2. The molecule has 1 saturated heterocycles. The summed E-state index contributed by atoms with van der Waals surface area (Å²) < 4.78 is 0. The van der Waals surface area contributed by atoms with E-state index in [0.29, 0.717) is 5.25 Å². The van der Waals surface area contributed by atoms with Crippen molar-refractivity contribution in [1.29, 1.82) is 0 Å². The fourth-order valence-corrected chi connectivity index (χ4v) is 2.34. The first kappa shape index (κ1) is 14.8. The number of likely N-dealkylation sites (tertiary alicyclic amines) is 1. The van der Waals surface area contributed by atoms with Gasteiger partial charge < -0.3 is 10.2 Å². The van der Waals surface area contributed by atoms with Crippen molar-refractivity contribution in [1.82, 2.24) is 10.2 Å². The number of rotatable bonds is 5. The van der Waals surface area contributed by atoms with Gasteiger partial charge in [-0.15, -0.1) is 0 Å². The van der Waals surface area contributed by atoms with Crippen molar-refractivity contribution >= 4 is 17.7 Å². The lowest BCUT2D eigenvalue weighted by atomic mass is 10.2. The minimum Gasteiger partial charge on any atom is -0.341 e. The highest BCUT2D eigenvalue weighted by Crippen LogP contribution is 2.11. The molecule has 2 unspecified atom stereocenters. The van der Waals surface area contributed by atoms with Crippen molar-refractivity contribution in [3.05, 3.63) is 0 Å². The molecule has 0 bridgehead atoms. The summed E-state index contributed by atoms with van der Waals surface area (Å²) in [6.45, 7) is 6.97. The van der Waals surface area contributed by atoms with Gasteiger partial charge in [-0.25, -0.2) is 0 Å². The molecular formula is C13H26N2OS. The summed E-state index contributed by atoms with van der Waals surface area (Å²) in [6, 6.07) is -0.0392. The second-order valence-electron chi connectivity index (χ2n) is 4.92. The average molecular weight is 258 g/mol. The molecular weight excluding hydrogens is 232 g/mol. The van der Waals surface area contributed by atoms with E-state index in [1.54, 1.807) is 0 Å². The summed E-state index contributed by atoms with van der Waals surface area (Å²) in [5.41, 5.74) is 0. The largest absolute Gasteiger partial charge is 0.341 e. The second-order valence-corrected chi connectivity index (χ2v) is 6.19. The summed E-state index contributed by atoms with van der Waals surface area (Å²) in [4.78, 5) is 14.2. The van der Waals surface area contributed by atoms with Crippen LogP contribution in [0.3, 0.4) is 0 Å². The molecule has 0 aromatic carbocycles. The van der Waals surface area contributed by atoms with E-state index in [4.69, 9.17) is 0 Å². The summed E-state index contributed by atoms with van der Waals surface area (Å²) in [7, 11) is 0. The molecule has 0 aliphatic carbocycles. The molecule has 1 aliphatic rings. The third-order valence-electron chi connectivity index (χ3n) is 3.40. The number of amides is 1. The summed E-state index contributed by atoms with van der Waals surface area (Å²) >= 11 is 1.83. The van der Waals surface area contributed by atoms with E-state index in [1.165, 1.54) is 25.7 Å². The highest BCUT2D eigenvalue weighted by molar-refractivity contribution is 7.99. The molecule has 1 fully saturated rings. The number of hydrogen-bond acceptors (Lipinski definition) is 3. The van der Waals surface area contributed by atoms with Gasteiger partial charge in [-0.1, -0.05) is 19.8 Å². The number of carbonyl (C=O) groups excluding carboxylic acids is 1. The Hall–Kier alpha value is -0.220. The van der Waals surface area contributed by atoms with E-state index in [-0.39, 0.29) is 11.9 Å². The lowest BCUT2D eigenvalue weighted by Crippen LogP contribution is -2.46. The van der Waals surface area contributed by atoms with Crippen molar-refractivity contribution in [3.8, 4) is 0 Å². The van der Waals surface area contributed by atoms with Crippen LogP contribution < -0.4 is 5.32 Å². The molecule has 1 aliphatic heterocycles. The van der Waals surface area contributed by atoms with Crippen molar-refractivity contribution in [2.24, 2.45) is 0 Å². The third kappa shape index (κ3) is 5.30. The number of hydrogen-bond donors (Lipinski definition) is 1. The van der Waals surface area contributed by atoms with Gasteiger partial charge in [-0.3, -0.25) is 4.79 Å². The Bertz CT molecular complexity index is 227. The van der Waals surface area contributed by atoms with Gasteiger partial charge in [-0.2, -0.15) is 11.8 Å². The van der Waals surface area contributed by atoms with E-state index in [1.807, 2.05) is 23.6 Å². The Kier molecular flexibility index (Phi) is 6.97. The molecule has 0 spiro atoms. The molecule has 4 heteroatoms. The zero-order valence-electron chi connectivity index (χ0n) is 11.4. The molecule has 0 aromatic heterocycles. The van der Waals surface area contributed by atoms with Gasteiger partial charge in [0.05, 0.1) is 6.04 Å². The Morgan fingerprint density at radius 2 is 1.82 bits per heavy atom. The molecule has 17 heavy (non-hydrogen) atoms. The van der Waals surface area contributed by atoms with Gasteiger partial charge in [0, 0.05) is 24.9 Å². The van der Waals surface area contributed by atoms with Gasteiger partial charge >= 0.3 is 0 Å². The molecule has 1 rings (SSSR count). The SMILES string of the molecule is CSC(C)CNC(C)C(=O)N1CCCCCC1. The molecule has 1 heterocycles. The Morgan fingerprint density at radius 1 is 1.24 bits per heavy atom. The van der Waals surface area contributed by atoms with Crippen LogP contribution in [0.25, 0.3) is 0 Å². The van der Waals surface area contributed by atoms with Crippen molar-refractivity contribution in [3.63, 3.8) is 0 Å². The monoisotopic (exact) mass is 258 g/mol. The minimum atomic E-state index is -0.0392. The van der Waals surface area contributed by atoms with Crippen LogP contribution >= 0.6 is 11.8 Å². The summed E-state index contributed by atoms with van der Waals surface area (Å²) in [5.74, 6) is 0.278. The molecule has 100 valence electrons. The van der Waals surface area contributed by atoms with Crippen molar-refractivity contribution < 1.29 is 4.79 Å². The van der Waals surface area contributed by atoms with E-state index < -0.39 is 0 Å². The Morgan fingerprint density at radius 3 is 2.35 bits per heavy atom. The van der Waals surface area contributed by atoms with Crippen LogP contribution in [0, 0.1) is 0 Å². The predicted molar refractivity (Wildman–Crippen MR) is 75.5 cm³/mol. The Balaban J connectivity index is 2.33. The Labute approximate surface area is 110 Å². The minimum absolute atomic E-state index is 0.0392. The van der Waals surface area contributed by atoms with Crippen LogP contribution in [0.2, 0.25) is 0 Å². The van der Waals surface area contributed by atoms with E-state index in [2.05, 4.69) is 18.5 Å². The lowest BCUT2D eigenvalue weighted by Gasteiger charge is -2.25. The topological polar surface area (TPSA) is 32.3 Å². The molecule has 0 radical (unpaired) electrons. The zero-order chi connectivity index (χ0) is 12.7.